The van der Waals surface area contributed by atoms with Gasteiger partial charge >= 0.3 is 0 Å². The van der Waals surface area contributed by atoms with Gasteiger partial charge in [0.15, 0.2) is 0 Å². The molecule has 1 atom stereocenters. The lowest BCUT2D eigenvalue weighted by Crippen LogP contribution is -2.46. The largest absolute Gasteiger partial charge is 0.368 e. The summed E-state index contributed by atoms with van der Waals surface area (Å²) >= 11 is 0. The Labute approximate surface area is 112 Å². The van der Waals surface area contributed by atoms with Gasteiger partial charge in [0, 0.05) is 25.2 Å². The van der Waals surface area contributed by atoms with Crippen LogP contribution < -0.4 is 5.32 Å². The van der Waals surface area contributed by atoms with E-state index in [4.69, 9.17) is 4.74 Å². The maximum Gasteiger partial charge on any atom is 0.0787 e. The zero-order valence-electron chi connectivity index (χ0n) is 12.8. The van der Waals surface area contributed by atoms with Crippen LogP contribution in [-0.2, 0) is 4.74 Å². The second kappa shape index (κ2) is 5.10. The second-order valence-corrected chi connectivity index (χ2v) is 7.04. The first kappa shape index (κ1) is 14.3. The first-order valence-electron chi connectivity index (χ1n) is 7.52. The molecule has 0 spiro atoms. The second-order valence-electron chi connectivity index (χ2n) is 7.04. The van der Waals surface area contributed by atoms with E-state index < -0.39 is 0 Å². The van der Waals surface area contributed by atoms with E-state index in [1.165, 1.54) is 25.9 Å². The maximum atomic E-state index is 6.12. The van der Waals surface area contributed by atoms with Gasteiger partial charge in [-0.25, -0.2) is 0 Å². The van der Waals surface area contributed by atoms with Crippen molar-refractivity contribution in [3.8, 4) is 0 Å². The molecule has 18 heavy (non-hydrogen) atoms. The number of hydrogen-bond donors (Lipinski definition) is 1. The summed E-state index contributed by atoms with van der Waals surface area (Å²) < 4.78 is 6.12. The fourth-order valence-corrected chi connectivity index (χ4v) is 3.30. The molecule has 0 aromatic heterocycles. The molecule has 0 radical (unpaired) electrons. The molecule has 1 N–H and O–H groups in total. The minimum absolute atomic E-state index is 0.0160. The standard InChI is InChI=1S/C15H30N2O/c1-6-17(12-7-8-12)10-9-16-13-11-14(2,3)18-15(13,4)5/h12-13,16H,6-11H2,1-5H3. The maximum absolute atomic E-state index is 6.12. The Kier molecular flexibility index (Phi) is 4.05. The van der Waals surface area contributed by atoms with Crippen LogP contribution in [0.4, 0.5) is 0 Å². The molecule has 1 aliphatic carbocycles. The Bertz CT molecular complexity index is 284. The van der Waals surface area contributed by atoms with E-state index in [1.807, 2.05) is 0 Å². The molecule has 2 aliphatic rings. The number of nitrogens with one attached hydrogen (secondary N) is 1. The van der Waals surface area contributed by atoms with Crippen molar-refractivity contribution in [2.24, 2.45) is 0 Å². The van der Waals surface area contributed by atoms with Crippen molar-refractivity contribution in [2.45, 2.75) is 77.2 Å². The molecular formula is C15H30N2O. The van der Waals surface area contributed by atoms with Crippen molar-refractivity contribution in [3.05, 3.63) is 0 Å². The van der Waals surface area contributed by atoms with E-state index in [2.05, 4.69) is 44.8 Å². The zero-order valence-corrected chi connectivity index (χ0v) is 12.8. The van der Waals surface area contributed by atoms with Gasteiger partial charge in [0.05, 0.1) is 11.2 Å². The molecule has 0 amide bonds. The topological polar surface area (TPSA) is 24.5 Å². The summed E-state index contributed by atoms with van der Waals surface area (Å²) in [5.74, 6) is 0. The van der Waals surface area contributed by atoms with E-state index in [0.29, 0.717) is 6.04 Å². The molecule has 1 saturated carbocycles. The van der Waals surface area contributed by atoms with Gasteiger partial charge in [-0.1, -0.05) is 6.92 Å². The van der Waals surface area contributed by atoms with Gasteiger partial charge in [0.2, 0.25) is 0 Å². The quantitative estimate of drug-likeness (QED) is 0.788. The minimum atomic E-state index is -0.0415. The fourth-order valence-electron chi connectivity index (χ4n) is 3.30. The Hall–Kier alpha value is -0.120. The van der Waals surface area contributed by atoms with E-state index in [9.17, 15) is 0 Å². The summed E-state index contributed by atoms with van der Waals surface area (Å²) in [5, 5.41) is 3.71. The Morgan fingerprint density at radius 2 is 1.89 bits per heavy atom. The van der Waals surface area contributed by atoms with Gasteiger partial charge in [-0.3, -0.25) is 4.90 Å². The van der Waals surface area contributed by atoms with E-state index in [-0.39, 0.29) is 11.2 Å². The number of likely N-dealkylation sites (N-methyl/N-ethyl adjacent to an activating group) is 1. The summed E-state index contributed by atoms with van der Waals surface area (Å²) in [4.78, 5) is 2.60. The summed E-state index contributed by atoms with van der Waals surface area (Å²) in [6, 6.07) is 1.35. The number of hydrogen-bond acceptors (Lipinski definition) is 3. The van der Waals surface area contributed by atoms with Crippen molar-refractivity contribution in [1.82, 2.24) is 10.2 Å². The third-order valence-electron chi connectivity index (χ3n) is 4.33. The monoisotopic (exact) mass is 254 g/mol. The van der Waals surface area contributed by atoms with Crippen LogP contribution in [0.15, 0.2) is 0 Å². The molecule has 2 rings (SSSR count). The zero-order chi connectivity index (χ0) is 13.4. The SMILES string of the molecule is CCN(CCNC1CC(C)(C)OC1(C)C)C1CC1. The van der Waals surface area contributed by atoms with Crippen LogP contribution in [0.2, 0.25) is 0 Å². The molecule has 1 unspecified atom stereocenters. The van der Waals surface area contributed by atoms with Gasteiger partial charge in [-0.2, -0.15) is 0 Å². The van der Waals surface area contributed by atoms with Gasteiger partial charge < -0.3 is 10.1 Å². The highest BCUT2D eigenvalue weighted by Gasteiger charge is 2.45. The molecular weight excluding hydrogens is 224 g/mol. The highest BCUT2D eigenvalue weighted by Crippen LogP contribution is 2.37. The Morgan fingerprint density at radius 1 is 1.22 bits per heavy atom. The molecule has 3 heteroatoms. The average molecular weight is 254 g/mol. The predicted octanol–water partition coefficient (Wildman–Crippen LogP) is 2.41. The first-order valence-corrected chi connectivity index (χ1v) is 7.52. The summed E-state index contributed by atoms with van der Waals surface area (Å²) in [6.07, 6.45) is 3.91. The molecule has 3 nitrogen and oxygen atoms in total. The lowest BCUT2D eigenvalue weighted by atomic mass is 9.94. The van der Waals surface area contributed by atoms with Crippen LogP contribution in [0.5, 0.6) is 0 Å². The van der Waals surface area contributed by atoms with E-state index in [1.54, 1.807) is 0 Å². The highest BCUT2D eigenvalue weighted by atomic mass is 16.5. The molecule has 1 aliphatic heterocycles. The van der Waals surface area contributed by atoms with Crippen LogP contribution in [0.25, 0.3) is 0 Å². The highest BCUT2D eigenvalue weighted by molar-refractivity contribution is 4.99. The molecule has 0 bridgehead atoms. The molecule has 1 saturated heterocycles. The van der Waals surface area contributed by atoms with E-state index >= 15 is 0 Å². The van der Waals surface area contributed by atoms with Crippen molar-refractivity contribution in [3.63, 3.8) is 0 Å². The van der Waals surface area contributed by atoms with E-state index in [0.717, 1.165) is 19.0 Å². The van der Waals surface area contributed by atoms with Crippen LogP contribution in [0, 0.1) is 0 Å². The van der Waals surface area contributed by atoms with Crippen LogP contribution in [0.3, 0.4) is 0 Å². The Balaban J connectivity index is 1.76. The van der Waals surface area contributed by atoms with Gasteiger partial charge in [0.1, 0.15) is 0 Å². The Morgan fingerprint density at radius 3 is 2.33 bits per heavy atom. The van der Waals surface area contributed by atoms with Gasteiger partial charge in [0.25, 0.3) is 0 Å². The van der Waals surface area contributed by atoms with Crippen LogP contribution >= 0.6 is 0 Å². The summed E-state index contributed by atoms with van der Waals surface area (Å²) in [5.41, 5.74) is -0.0256. The third-order valence-corrected chi connectivity index (χ3v) is 4.33. The molecule has 106 valence electrons. The summed E-state index contributed by atoms with van der Waals surface area (Å²) in [7, 11) is 0. The lowest BCUT2D eigenvalue weighted by molar-refractivity contribution is -0.0698. The van der Waals surface area contributed by atoms with Gasteiger partial charge in [-0.05, 0) is 53.5 Å². The van der Waals surface area contributed by atoms with Crippen LogP contribution in [0.1, 0.15) is 53.9 Å². The summed E-state index contributed by atoms with van der Waals surface area (Å²) in [6.45, 7) is 14.5. The normalized spacial score (nSPS) is 30.0. The smallest absolute Gasteiger partial charge is 0.0787 e. The number of ether oxygens (including phenoxy) is 1. The van der Waals surface area contributed by atoms with Crippen molar-refractivity contribution in [1.29, 1.82) is 0 Å². The number of nitrogens with zero attached hydrogens (tertiary/aromatic N) is 1. The minimum Gasteiger partial charge on any atom is -0.368 e. The van der Waals surface area contributed by atoms with Crippen molar-refractivity contribution >= 4 is 0 Å². The lowest BCUT2D eigenvalue weighted by Gasteiger charge is -2.29. The average Bonchev–Trinajstić information content (AvgIpc) is 3.01. The molecule has 2 fully saturated rings. The predicted molar refractivity (Wildman–Crippen MR) is 75.9 cm³/mol. The van der Waals surface area contributed by atoms with Crippen molar-refractivity contribution in [2.75, 3.05) is 19.6 Å². The number of rotatable bonds is 6. The first-order chi connectivity index (χ1) is 8.34. The molecule has 0 aromatic carbocycles. The third kappa shape index (κ3) is 3.46. The fraction of sp³-hybridized carbons (Fsp3) is 1.00. The van der Waals surface area contributed by atoms with Crippen molar-refractivity contribution < 1.29 is 4.74 Å². The van der Waals surface area contributed by atoms with Gasteiger partial charge in [-0.15, -0.1) is 0 Å². The van der Waals surface area contributed by atoms with Crippen LogP contribution in [-0.4, -0.2) is 47.8 Å². The molecule has 1 heterocycles. The molecule has 0 aromatic rings.